The van der Waals surface area contributed by atoms with E-state index in [1.807, 2.05) is 13.1 Å². The molecule has 19 heavy (non-hydrogen) atoms. The Hall–Kier alpha value is -1.09. The molecule has 1 N–H and O–H groups in total. The predicted molar refractivity (Wildman–Crippen MR) is 78.3 cm³/mol. The Bertz CT molecular complexity index is 407. The summed E-state index contributed by atoms with van der Waals surface area (Å²) in [5.41, 5.74) is 1.19. The molecule has 1 aliphatic carbocycles. The molecule has 1 fully saturated rings. The normalized spacial score (nSPS) is 28.9. The zero-order valence-electron chi connectivity index (χ0n) is 12.5. The van der Waals surface area contributed by atoms with E-state index in [4.69, 9.17) is 4.74 Å². The molecule has 3 heteroatoms. The summed E-state index contributed by atoms with van der Waals surface area (Å²) in [4.78, 5) is 4.33. The number of rotatable bonds is 4. The molecule has 4 unspecified atom stereocenters. The van der Waals surface area contributed by atoms with E-state index in [9.17, 15) is 0 Å². The zero-order valence-corrected chi connectivity index (χ0v) is 12.5. The molecule has 3 nitrogen and oxygen atoms in total. The number of hydrogen-bond acceptors (Lipinski definition) is 3. The Morgan fingerprint density at radius 3 is 2.74 bits per heavy atom. The molecule has 0 spiro atoms. The SMILES string of the molecule is CNC(c1cccnc1OC)C1CCC(C)C(C)C1. The van der Waals surface area contributed by atoms with Gasteiger partial charge in [-0.25, -0.2) is 4.98 Å². The van der Waals surface area contributed by atoms with Gasteiger partial charge >= 0.3 is 0 Å². The topological polar surface area (TPSA) is 34.2 Å². The first-order chi connectivity index (χ1) is 9.17. The van der Waals surface area contributed by atoms with E-state index in [0.717, 1.165) is 17.7 Å². The van der Waals surface area contributed by atoms with Crippen LogP contribution in [-0.4, -0.2) is 19.1 Å². The highest BCUT2D eigenvalue weighted by molar-refractivity contribution is 5.29. The number of aromatic nitrogens is 1. The van der Waals surface area contributed by atoms with Crippen molar-refractivity contribution in [3.63, 3.8) is 0 Å². The molecule has 0 bridgehead atoms. The fourth-order valence-corrected chi connectivity index (χ4v) is 3.35. The van der Waals surface area contributed by atoms with Crippen molar-refractivity contribution in [1.82, 2.24) is 10.3 Å². The maximum absolute atomic E-state index is 5.42. The van der Waals surface area contributed by atoms with Crippen molar-refractivity contribution in [2.24, 2.45) is 17.8 Å². The van der Waals surface area contributed by atoms with E-state index in [1.165, 1.54) is 24.8 Å². The molecule has 106 valence electrons. The Labute approximate surface area is 116 Å². The van der Waals surface area contributed by atoms with Gasteiger partial charge in [0.1, 0.15) is 0 Å². The first-order valence-electron chi connectivity index (χ1n) is 7.33. The number of methoxy groups -OCH3 is 1. The van der Waals surface area contributed by atoms with Gasteiger partial charge in [0.2, 0.25) is 5.88 Å². The van der Waals surface area contributed by atoms with Crippen LogP contribution in [0.2, 0.25) is 0 Å². The number of pyridine rings is 1. The number of ether oxygens (including phenoxy) is 1. The van der Waals surface area contributed by atoms with Crippen molar-refractivity contribution < 1.29 is 4.74 Å². The van der Waals surface area contributed by atoms with Crippen LogP contribution in [-0.2, 0) is 0 Å². The van der Waals surface area contributed by atoms with Crippen molar-refractivity contribution in [2.75, 3.05) is 14.2 Å². The third-order valence-corrected chi connectivity index (χ3v) is 4.75. The standard InChI is InChI=1S/C16H26N2O/c1-11-7-8-13(10-12(11)2)15(17-3)14-6-5-9-18-16(14)19-4/h5-6,9,11-13,15,17H,7-8,10H2,1-4H3. The maximum atomic E-state index is 5.42. The van der Waals surface area contributed by atoms with Gasteiger partial charge in [0.25, 0.3) is 0 Å². The molecule has 0 aliphatic heterocycles. The molecule has 1 saturated carbocycles. The lowest BCUT2D eigenvalue weighted by atomic mass is 9.72. The summed E-state index contributed by atoms with van der Waals surface area (Å²) >= 11 is 0. The fraction of sp³-hybridized carbons (Fsp3) is 0.688. The minimum atomic E-state index is 0.346. The van der Waals surface area contributed by atoms with Gasteiger partial charge in [0.05, 0.1) is 7.11 Å². The molecule has 4 atom stereocenters. The van der Waals surface area contributed by atoms with Gasteiger partial charge in [-0.1, -0.05) is 26.3 Å². The molecule has 0 saturated heterocycles. The predicted octanol–water partition coefficient (Wildman–Crippen LogP) is 3.42. The highest BCUT2D eigenvalue weighted by Gasteiger charge is 2.31. The monoisotopic (exact) mass is 262 g/mol. The summed E-state index contributed by atoms with van der Waals surface area (Å²) < 4.78 is 5.42. The molecule has 1 aromatic rings. The molecule has 0 radical (unpaired) electrons. The molecule has 2 rings (SSSR count). The second-order valence-corrected chi connectivity index (χ2v) is 5.90. The molecule has 1 aromatic heterocycles. The number of hydrogen-bond donors (Lipinski definition) is 1. The first-order valence-corrected chi connectivity index (χ1v) is 7.33. The lowest BCUT2D eigenvalue weighted by Crippen LogP contribution is -2.31. The second-order valence-electron chi connectivity index (χ2n) is 5.90. The summed E-state index contributed by atoms with van der Waals surface area (Å²) in [7, 11) is 3.74. The highest BCUT2D eigenvalue weighted by atomic mass is 16.5. The van der Waals surface area contributed by atoms with Crippen LogP contribution in [0.15, 0.2) is 18.3 Å². The third kappa shape index (κ3) is 3.08. The van der Waals surface area contributed by atoms with Gasteiger partial charge in [-0.15, -0.1) is 0 Å². The van der Waals surface area contributed by atoms with Crippen molar-refractivity contribution in [3.8, 4) is 5.88 Å². The molecule has 0 amide bonds. The van der Waals surface area contributed by atoms with Crippen LogP contribution in [0.3, 0.4) is 0 Å². The molecular weight excluding hydrogens is 236 g/mol. The van der Waals surface area contributed by atoms with Crippen LogP contribution in [0, 0.1) is 17.8 Å². The quantitative estimate of drug-likeness (QED) is 0.902. The zero-order chi connectivity index (χ0) is 13.8. The average Bonchev–Trinajstić information content (AvgIpc) is 2.44. The van der Waals surface area contributed by atoms with Gasteiger partial charge < -0.3 is 10.1 Å². The van der Waals surface area contributed by atoms with Gasteiger partial charge in [-0.2, -0.15) is 0 Å². The van der Waals surface area contributed by atoms with Crippen molar-refractivity contribution >= 4 is 0 Å². The fourth-order valence-electron chi connectivity index (χ4n) is 3.35. The molecular formula is C16H26N2O. The largest absolute Gasteiger partial charge is 0.481 e. The Morgan fingerprint density at radius 2 is 2.11 bits per heavy atom. The minimum Gasteiger partial charge on any atom is -0.481 e. The van der Waals surface area contributed by atoms with Gasteiger partial charge in [0.15, 0.2) is 0 Å². The van der Waals surface area contributed by atoms with Crippen LogP contribution < -0.4 is 10.1 Å². The third-order valence-electron chi connectivity index (χ3n) is 4.75. The van der Waals surface area contributed by atoms with E-state index in [1.54, 1.807) is 13.3 Å². The lowest BCUT2D eigenvalue weighted by molar-refractivity contribution is 0.173. The maximum Gasteiger partial charge on any atom is 0.217 e. The van der Waals surface area contributed by atoms with Crippen molar-refractivity contribution in [2.45, 2.75) is 39.2 Å². The Kier molecular flexibility index (Phi) is 4.81. The van der Waals surface area contributed by atoms with Crippen LogP contribution in [0.1, 0.15) is 44.7 Å². The lowest BCUT2D eigenvalue weighted by Gasteiger charge is -2.37. The molecule has 0 aromatic carbocycles. The summed E-state index contributed by atoms with van der Waals surface area (Å²) in [5, 5.41) is 3.48. The van der Waals surface area contributed by atoms with E-state index < -0.39 is 0 Å². The summed E-state index contributed by atoms with van der Waals surface area (Å²) in [6.07, 6.45) is 5.69. The number of nitrogens with zero attached hydrogens (tertiary/aromatic N) is 1. The van der Waals surface area contributed by atoms with Crippen LogP contribution in [0.4, 0.5) is 0 Å². The Morgan fingerprint density at radius 1 is 1.32 bits per heavy atom. The molecule has 1 heterocycles. The van der Waals surface area contributed by atoms with Gasteiger partial charge in [-0.3, -0.25) is 0 Å². The van der Waals surface area contributed by atoms with Crippen LogP contribution in [0.5, 0.6) is 5.88 Å². The van der Waals surface area contributed by atoms with Crippen molar-refractivity contribution in [1.29, 1.82) is 0 Å². The van der Waals surface area contributed by atoms with E-state index in [-0.39, 0.29) is 0 Å². The minimum absolute atomic E-state index is 0.346. The smallest absolute Gasteiger partial charge is 0.217 e. The summed E-state index contributed by atoms with van der Waals surface area (Å²) in [6.45, 7) is 4.75. The highest BCUT2D eigenvalue weighted by Crippen LogP contribution is 2.41. The summed E-state index contributed by atoms with van der Waals surface area (Å²) in [6, 6.07) is 4.48. The van der Waals surface area contributed by atoms with Gasteiger partial charge in [0, 0.05) is 17.8 Å². The average molecular weight is 262 g/mol. The first kappa shape index (κ1) is 14.3. The van der Waals surface area contributed by atoms with Gasteiger partial charge in [-0.05, 0) is 43.7 Å². The molecule has 1 aliphatic rings. The summed E-state index contributed by atoms with van der Waals surface area (Å²) in [5.74, 6) is 3.09. The van der Waals surface area contributed by atoms with Crippen molar-refractivity contribution in [3.05, 3.63) is 23.9 Å². The second kappa shape index (κ2) is 6.38. The van der Waals surface area contributed by atoms with E-state index in [2.05, 4.69) is 30.2 Å². The Balaban J connectivity index is 2.20. The number of nitrogens with one attached hydrogen (secondary N) is 1. The van der Waals surface area contributed by atoms with E-state index >= 15 is 0 Å². The van der Waals surface area contributed by atoms with Crippen LogP contribution >= 0.6 is 0 Å². The van der Waals surface area contributed by atoms with E-state index in [0.29, 0.717) is 12.0 Å². The van der Waals surface area contributed by atoms with Crippen LogP contribution in [0.25, 0.3) is 0 Å².